The number of nitrogens with two attached hydrogens (primary N) is 2. The Labute approximate surface area is 394 Å². The summed E-state index contributed by atoms with van der Waals surface area (Å²) in [5.74, 6) is -10.4. The maximum atomic E-state index is 13.8. The second-order valence-corrected chi connectivity index (χ2v) is 15.7. The molecule has 9 atom stereocenters. The fourth-order valence-electron chi connectivity index (χ4n) is 6.32. The van der Waals surface area contributed by atoms with Crippen LogP contribution in [-0.2, 0) is 54.4 Å². The van der Waals surface area contributed by atoms with Gasteiger partial charge in [0, 0.05) is 30.7 Å². The summed E-state index contributed by atoms with van der Waals surface area (Å²) in [7, 11) is 0. The molecule has 30 heteroatoms. The summed E-state index contributed by atoms with van der Waals surface area (Å²) < 4.78 is 0. The number of rotatable bonds is 30. The van der Waals surface area contributed by atoms with Crippen molar-refractivity contribution in [1.29, 1.82) is 0 Å². The van der Waals surface area contributed by atoms with Gasteiger partial charge in [0.25, 0.3) is 0 Å². The molecule has 1 saturated heterocycles. The zero-order valence-electron chi connectivity index (χ0n) is 36.2. The van der Waals surface area contributed by atoms with Crippen LogP contribution in [0.4, 0.5) is 0 Å². The van der Waals surface area contributed by atoms with Crippen LogP contribution in [0, 0.1) is 0 Å². The molecule has 1 aromatic heterocycles. The van der Waals surface area contributed by atoms with Crippen LogP contribution in [0.1, 0.15) is 37.8 Å². The molecular weight excluding hydrogens is 931 g/mol. The number of amides is 9. The zero-order chi connectivity index (χ0) is 50.2. The van der Waals surface area contributed by atoms with E-state index < -0.39 is 146 Å². The van der Waals surface area contributed by atoms with Gasteiger partial charge in [0.1, 0.15) is 54.9 Å². The Hall–Kier alpha value is -5.63. The molecule has 0 radical (unpaired) electrons. The number of nitrogens with zero attached hydrogens (tertiary/aromatic N) is 2. The van der Waals surface area contributed by atoms with E-state index in [0.29, 0.717) is 12.1 Å². The van der Waals surface area contributed by atoms with Crippen LogP contribution in [0.2, 0.25) is 0 Å². The van der Waals surface area contributed by atoms with Crippen LogP contribution in [-0.4, -0.2) is 211 Å². The van der Waals surface area contributed by atoms with E-state index in [2.05, 4.69) is 77.8 Å². The molecule has 28 nitrogen and oxygen atoms in total. The smallest absolute Gasteiger partial charge is 0.322 e. The molecule has 2 heterocycles. The topological polar surface area (TPSA) is 452 Å². The highest BCUT2D eigenvalue weighted by Gasteiger charge is 2.40. The first-order valence-electron chi connectivity index (χ1n) is 20.9. The Bertz CT molecular complexity index is 1850. The van der Waals surface area contributed by atoms with Crippen LogP contribution in [0.15, 0.2) is 12.5 Å². The second-order valence-electron chi connectivity index (χ2n) is 15.0. The molecule has 0 aliphatic carbocycles. The molecule has 18 N–H and O–H groups in total. The van der Waals surface area contributed by atoms with Crippen LogP contribution >= 0.6 is 25.3 Å². The van der Waals surface area contributed by atoms with Gasteiger partial charge in [-0.05, 0) is 38.6 Å². The number of hydrogen-bond acceptors (Lipinski definition) is 19. The van der Waals surface area contributed by atoms with Crippen LogP contribution in [0.25, 0.3) is 0 Å². The van der Waals surface area contributed by atoms with Crippen LogP contribution in [0.3, 0.4) is 0 Å². The van der Waals surface area contributed by atoms with Crippen molar-refractivity contribution in [3.63, 3.8) is 0 Å². The summed E-state index contributed by atoms with van der Waals surface area (Å²) in [5, 5.41) is 67.0. The van der Waals surface area contributed by atoms with Crippen molar-refractivity contribution in [2.45, 2.75) is 92.9 Å². The number of aromatic amines is 1. The van der Waals surface area contributed by atoms with Crippen LogP contribution in [0.5, 0.6) is 0 Å². The second kappa shape index (κ2) is 29.9. The number of aliphatic hydroxyl groups excluding tert-OH is 4. The first-order valence-corrected chi connectivity index (χ1v) is 22.2. The third-order valence-electron chi connectivity index (χ3n) is 10.0. The summed E-state index contributed by atoms with van der Waals surface area (Å²) in [6, 6.07) is -13.4. The average Bonchev–Trinajstić information content (AvgIpc) is 4.03. The third-order valence-corrected chi connectivity index (χ3v) is 10.8. The molecule has 0 spiro atoms. The number of carboxylic acid groups (broad SMARTS) is 1. The maximum Gasteiger partial charge on any atom is 0.322 e. The molecule has 2 rings (SSSR count). The van der Waals surface area contributed by atoms with Gasteiger partial charge in [0.2, 0.25) is 53.2 Å². The molecule has 67 heavy (non-hydrogen) atoms. The van der Waals surface area contributed by atoms with Gasteiger partial charge in [-0.15, -0.1) is 0 Å². The number of H-pyrrole nitrogens is 1. The summed E-state index contributed by atoms with van der Waals surface area (Å²) in [4.78, 5) is 137. The highest BCUT2D eigenvalue weighted by molar-refractivity contribution is 7.80. The van der Waals surface area contributed by atoms with E-state index in [1.807, 2.05) is 0 Å². The highest BCUT2D eigenvalue weighted by atomic mass is 32.1. The van der Waals surface area contributed by atoms with Gasteiger partial charge in [0.15, 0.2) is 0 Å². The number of carboxylic acids is 1. The summed E-state index contributed by atoms with van der Waals surface area (Å²) >= 11 is 7.94. The minimum atomic E-state index is -1.75. The fourth-order valence-corrected chi connectivity index (χ4v) is 6.75. The van der Waals surface area contributed by atoms with E-state index in [9.17, 15) is 68.4 Å². The van der Waals surface area contributed by atoms with Crippen molar-refractivity contribution in [2.75, 3.05) is 57.6 Å². The number of hydrogen-bond donors (Lipinski definition) is 18. The van der Waals surface area contributed by atoms with E-state index in [0.717, 1.165) is 4.90 Å². The molecular formula is C37H61N13O15S2. The van der Waals surface area contributed by atoms with E-state index >= 15 is 0 Å². The number of aliphatic carboxylic acids is 1. The van der Waals surface area contributed by atoms with E-state index in [1.165, 1.54) is 12.5 Å². The number of aliphatic hydroxyl groups is 4. The van der Waals surface area contributed by atoms with Crippen molar-refractivity contribution in [3.8, 4) is 0 Å². The molecule has 0 unspecified atom stereocenters. The van der Waals surface area contributed by atoms with Gasteiger partial charge in [-0.3, -0.25) is 47.9 Å². The average molecular weight is 992 g/mol. The molecule has 0 aromatic carbocycles. The molecule has 0 bridgehead atoms. The first kappa shape index (κ1) is 57.5. The fraction of sp³-hybridized carbons (Fsp3) is 0.649. The summed E-state index contributed by atoms with van der Waals surface area (Å²) in [5.41, 5.74) is 11.5. The third kappa shape index (κ3) is 18.5. The molecule has 1 aromatic rings. The number of thiol groups is 2. The van der Waals surface area contributed by atoms with Crippen molar-refractivity contribution in [3.05, 3.63) is 18.2 Å². The van der Waals surface area contributed by atoms with Gasteiger partial charge in [-0.2, -0.15) is 25.3 Å². The van der Waals surface area contributed by atoms with Gasteiger partial charge >= 0.3 is 5.97 Å². The van der Waals surface area contributed by atoms with E-state index in [-0.39, 0.29) is 56.7 Å². The predicted molar refractivity (Wildman–Crippen MR) is 238 cm³/mol. The monoisotopic (exact) mass is 991 g/mol. The Balaban J connectivity index is 2.20. The summed E-state index contributed by atoms with van der Waals surface area (Å²) in [6.07, 6.45) is 3.45. The van der Waals surface area contributed by atoms with Crippen molar-refractivity contribution >= 4 is 84.4 Å². The van der Waals surface area contributed by atoms with E-state index in [4.69, 9.17) is 16.6 Å². The number of carbonyl (C=O) groups is 10. The normalized spacial score (nSPS) is 16.9. The number of unbranched alkanes of at least 4 members (excludes halogenated alkanes) is 1. The zero-order valence-corrected chi connectivity index (χ0v) is 38.0. The first-order chi connectivity index (χ1) is 31.9. The molecule has 1 aliphatic heterocycles. The lowest BCUT2D eigenvalue weighted by molar-refractivity contribution is -0.143. The number of nitrogens with one attached hydrogen (secondary N) is 9. The standard InChI is InChI=1S/C37H61N13O15S2/c38-6-2-1-4-20(31(59)44-21(8-18-9-40-17-42-18)32(60)49-26(16-67)30(58)41-10-28(55)56)43-33(61)24(13-53)47-36(64)27-5-3-7-50(27)37(65)25(14-54)48-35(63)23(12-52)46-34(62)22(11-51)45-29(57)19(39)15-66/h9,17,19-27,51-54,66-67H,1-8,10-16,38-39H2,(H,40,42)(H,41,58)(H,43,61)(H,44,59)(H,45,57)(H,46,62)(H,47,64)(H,48,63)(H,49,60)(H,55,56)/t19-,20-,21-,22-,23-,24-,25-,26-,27-/m0/s1. The number of aromatic nitrogens is 2. The van der Waals surface area contributed by atoms with Crippen molar-refractivity contribution < 1.29 is 73.5 Å². The van der Waals surface area contributed by atoms with Crippen molar-refractivity contribution in [2.24, 2.45) is 11.5 Å². The number of carbonyl (C=O) groups excluding carboxylic acids is 9. The number of likely N-dealkylation sites (tertiary alicyclic amines) is 1. The Kier molecular flexibility index (Phi) is 25.7. The SMILES string of the molecule is NCCCC[C@H](NC(=O)[C@H](CO)NC(=O)[C@@H]1CCCN1C(=O)[C@H](CO)NC(=O)[C@H](CO)NC(=O)[C@H](CO)NC(=O)[C@@H](N)CS)C(=O)N[C@@H](Cc1c[nH]cn1)C(=O)N[C@@H](CS)C(=O)NCC(=O)O. The molecule has 0 saturated carbocycles. The minimum Gasteiger partial charge on any atom is -0.480 e. The van der Waals surface area contributed by atoms with Gasteiger partial charge in [0.05, 0.1) is 44.5 Å². The molecule has 1 fully saturated rings. The lowest BCUT2D eigenvalue weighted by Crippen LogP contribution is -2.61. The summed E-state index contributed by atoms with van der Waals surface area (Å²) in [6.45, 7) is -4.56. The molecule has 376 valence electrons. The lowest BCUT2D eigenvalue weighted by atomic mass is 10.1. The number of imidazole rings is 1. The van der Waals surface area contributed by atoms with Gasteiger partial charge in [-0.1, -0.05) is 0 Å². The Morgan fingerprint density at radius 3 is 1.72 bits per heavy atom. The predicted octanol–water partition coefficient (Wildman–Crippen LogP) is -9.18. The minimum absolute atomic E-state index is 0.0305. The maximum absolute atomic E-state index is 13.8. The molecule has 1 aliphatic rings. The van der Waals surface area contributed by atoms with Crippen molar-refractivity contribution in [1.82, 2.24) is 57.4 Å². The van der Waals surface area contributed by atoms with E-state index in [1.54, 1.807) is 0 Å². The highest BCUT2D eigenvalue weighted by Crippen LogP contribution is 2.19. The Morgan fingerprint density at radius 2 is 1.19 bits per heavy atom. The van der Waals surface area contributed by atoms with Gasteiger partial charge < -0.3 is 89.4 Å². The molecule has 9 amide bonds. The van der Waals surface area contributed by atoms with Gasteiger partial charge in [-0.25, -0.2) is 4.98 Å². The lowest BCUT2D eigenvalue weighted by Gasteiger charge is -2.30. The quantitative estimate of drug-likeness (QED) is 0.0251. The Morgan fingerprint density at radius 1 is 0.687 bits per heavy atom. The largest absolute Gasteiger partial charge is 0.480 e. The van der Waals surface area contributed by atoms with Crippen LogP contribution < -0.4 is 54.0 Å².